The van der Waals surface area contributed by atoms with Gasteiger partial charge in [0.2, 0.25) is 10.0 Å². The normalized spacial score (nSPS) is 16.6. The van der Waals surface area contributed by atoms with Gasteiger partial charge in [0.1, 0.15) is 0 Å². The Balaban J connectivity index is 1.91. The van der Waals surface area contributed by atoms with Crippen molar-refractivity contribution in [2.75, 3.05) is 39.8 Å². The van der Waals surface area contributed by atoms with Gasteiger partial charge in [0, 0.05) is 0 Å². The van der Waals surface area contributed by atoms with Crippen molar-refractivity contribution in [1.29, 1.82) is 0 Å². The minimum atomic E-state index is -3.51. The number of nitrogens with one attached hydrogen (secondary N) is 2. The molecule has 1 aliphatic heterocycles. The zero-order valence-electron chi connectivity index (χ0n) is 13.7. The second-order valence-corrected chi connectivity index (χ2v) is 7.62. The number of carbonyl (C=O) groups excluding carboxylic acids is 2. The van der Waals surface area contributed by atoms with Gasteiger partial charge in [-0.05, 0) is 19.1 Å². The van der Waals surface area contributed by atoms with Crippen LogP contribution in [0.15, 0.2) is 29.2 Å². The molecule has 2 N–H and O–H groups in total. The molecule has 0 radical (unpaired) electrons. The Kier molecular flexibility index (Phi) is 5.92. The van der Waals surface area contributed by atoms with Gasteiger partial charge in [-0.1, -0.05) is 17.7 Å². The summed E-state index contributed by atoms with van der Waals surface area (Å²) in [6.07, 6.45) is -0.792. The van der Waals surface area contributed by atoms with Crippen LogP contribution in [0.2, 0.25) is 0 Å². The smallest absolute Gasteiger partial charge is 0.413 e. The summed E-state index contributed by atoms with van der Waals surface area (Å²) >= 11 is 0. The number of ether oxygens (including phenoxy) is 1. The van der Waals surface area contributed by atoms with Crippen LogP contribution in [0.4, 0.5) is 4.79 Å². The fourth-order valence-electron chi connectivity index (χ4n) is 2.51. The van der Waals surface area contributed by atoms with Gasteiger partial charge in [-0.15, -0.1) is 0 Å². The van der Waals surface area contributed by atoms with E-state index in [9.17, 15) is 18.0 Å². The average Bonchev–Trinajstić information content (AvgIpc) is 2.55. The minimum Gasteiger partial charge on any atom is -0.453 e. The van der Waals surface area contributed by atoms with E-state index < -0.39 is 22.0 Å². The molecule has 1 heterocycles. The molecule has 0 bridgehead atoms. The third-order valence-corrected chi connectivity index (χ3v) is 5.84. The molecule has 0 spiro atoms. The molecule has 1 aliphatic rings. The predicted octanol–water partition coefficient (Wildman–Crippen LogP) is -1.23. The SMILES string of the molecule is COC(=O)NC(=O)C[NH+]1CCN(S(=O)(=O)c2ccc(C)cc2)CC1. The molecule has 1 aromatic carbocycles. The summed E-state index contributed by atoms with van der Waals surface area (Å²) in [6, 6.07) is 6.75. The number of rotatable bonds is 4. The molecular formula is C15H22N3O5S+. The molecule has 9 heteroatoms. The molecule has 1 saturated heterocycles. The van der Waals surface area contributed by atoms with Crippen LogP contribution >= 0.6 is 0 Å². The highest BCUT2D eigenvalue weighted by molar-refractivity contribution is 7.89. The lowest BCUT2D eigenvalue weighted by Crippen LogP contribution is -3.15. The molecule has 0 aromatic heterocycles. The van der Waals surface area contributed by atoms with Gasteiger partial charge in [0.15, 0.2) is 6.54 Å². The maximum atomic E-state index is 12.6. The Bertz CT molecular complexity index is 694. The van der Waals surface area contributed by atoms with Crippen molar-refractivity contribution in [3.8, 4) is 0 Å². The molecule has 0 atom stereocenters. The largest absolute Gasteiger partial charge is 0.453 e. The third kappa shape index (κ3) is 4.53. The first kappa shape index (κ1) is 18.4. The van der Waals surface area contributed by atoms with Crippen LogP contribution in [0.25, 0.3) is 0 Å². The molecule has 132 valence electrons. The van der Waals surface area contributed by atoms with E-state index in [1.165, 1.54) is 11.4 Å². The van der Waals surface area contributed by atoms with Crippen LogP contribution in [-0.4, -0.2) is 64.6 Å². The van der Waals surface area contributed by atoms with Gasteiger partial charge < -0.3 is 9.64 Å². The number of aryl methyl sites for hydroxylation is 1. The van der Waals surface area contributed by atoms with E-state index >= 15 is 0 Å². The van der Waals surface area contributed by atoms with E-state index in [1.54, 1.807) is 24.3 Å². The van der Waals surface area contributed by atoms with Crippen LogP contribution < -0.4 is 10.2 Å². The van der Waals surface area contributed by atoms with Crippen LogP contribution in [0, 0.1) is 6.92 Å². The van der Waals surface area contributed by atoms with E-state index in [-0.39, 0.29) is 11.4 Å². The number of benzene rings is 1. The second kappa shape index (κ2) is 7.73. The molecular weight excluding hydrogens is 334 g/mol. The molecule has 1 fully saturated rings. The van der Waals surface area contributed by atoms with Gasteiger partial charge in [0.05, 0.1) is 38.2 Å². The number of amides is 2. The van der Waals surface area contributed by atoms with E-state index in [0.29, 0.717) is 26.2 Å². The van der Waals surface area contributed by atoms with Crippen molar-refractivity contribution in [3.63, 3.8) is 0 Å². The van der Waals surface area contributed by atoms with Crippen LogP contribution in [0.1, 0.15) is 5.56 Å². The number of alkyl carbamates (subject to hydrolysis) is 1. The maximum absolute atomic E-state index is 12.6. The van der Waals surface area contributed by atoms with Crippen LogP contribution in [-0.2, 0) is 19.6 Å². The molecule has 2 rings (SSSR count). The summed E-state index contributed by atoms with van der Waals surface area (Å²) in [5, 5.41) is 2.10. The lowest BCUT2D eigenvalue weighted by Gasteiger charge is -2.31. The topological polar surface area (TPSA) is 97.2 Å². The Morgan fingerprint density at radius 1 is 1.21 bits per heavy atom. The lowest BCUT2D eigenvalue weighted by atomic mass is 10.2. The summed E-state index contributed by atoms with van der Waals surface area (Å²) in [7, 11) is -2.32. The van der Waals surface area contributed by atoms with Gasteiger partial charge in [-0.2, -0.15) is 4.31 Å². The Labute approximate surface area is 141 Å². The van der Waals surface area contributed by atoms with Gasteiger partial charge in [-0.3, -0.25) is 10.1 Å². The number of hydrogen-bond donors (Lipinski definition) is 2. The summed E-state index contributed by atoms with van der Waals surface area (Å²) in [5.74, 6) is -0.438. The number of hydrogen-bond acceptors (Lipinski definition) is 5. The quantitative estimate of drug-likeness (QED) is 0.704. The first-order valence-corrected chi connectivity index (χ1v) is 9.05. The zero-order chi connectivity index (χ0) is 17.7. The fraction of sp³-hybridized carbons (Fsp3) is 0.467. The molecule has 0 aliphatic carbocycles. The highest BCUT2D eigenvalue weighted by Gasteiger charge is 2.31. The minimum absolute atomic E-state index is 0.105. The number of piperazine rings is 1. The molecule has 1 aromatic rings. The van der Waals surface area contributed by atoms with Crippen LogP contribution in [0.3, 0.4) is 0 Å². The highest BCUT2D eigenvalue weighted by Crippen LogP contribution is 2.16. The maximum Gasteiger partial charge on any atom is 0.413 e. The molecule has 0 unspecified atom stereocenters. The van der Waals surface area contributed by atoms with Crippen molar-refractivity contribution >= 4 is 22.0 Å². The highest BCUT2D eigenvalue weighted by atomic mass is 32.2. The monoisotopic (exact) mass is 356 g/mol. The Hall–Kier alpha value is -1.97. The van der Waals surface area contributed by atoms with Crippen molar-refractivity contribution in [1.82, 2.24) is 9.62 Å². The summed E-state index contributed by atoms with van der Waals surface area (Å²) in [4.78, 5) is 23.8. The first-order chi connectivity index (χ1) is 11.3. The van der Waals surface area contributed by atoms with Crippen molar-refractivity contribution in [3.05, 3.63) is 29.8 Å². The molecule has 8 nitrogen and oxygen atoms in total. The Morgan fingerprint density at radius 3 is 2.33 bits per heavy atom. The Morgan fingerprint density at radius 2 is 1.79 bits per heavy atom. The molecule has 0 saturated carbocycles. The lowest BCUT2D eigenvalue weighted by molar-refractivity contribution is -0.895. The van der Waals surface area contributed by atoms with E-state index in [2.05, 4.69) is 10.1 Å². The summed E-state index contributed by atoms with van der Waals surface area (Å²) in [6.45, 7) is 3.67. The van der Waals surface area contributed by atoms with E-state index in [1.807, 2.05) is 6.92 Å². The predicted molar refractivity (Wildman–Crippen MR) is 86.0 cm³/mol. The second-order valence-electron chi connectivity index (χ2n) is 5.68. The number of sulfonamides is 1. The van der Waals surface area contributed by atoms with Gasteiger partial charge >= 0.3 is 6.09 Å². The van der Waals surface area contributed by atoms with E-state index in [4.69, 9.17) is 0 Å². The number of carbonyl (C=O) groups is 2. The van der Waals surface area contributed by atoms with Gasteiger partial charge in [-0.25, -0.2) is 13.2 Å². The van der Waals surface area contributed by atoms with E-state index in [0.717, 1.165) is 10.5 Å². The summed E-state index contributed by atoms with van der Waals surface area (Å²) in [5.41, 5.74) is 1.000. The third-order valence-electron chi connectivity index (χ3n) is 3.93. The standard InChI is InChI=1S/C15H21N3O5S/c1-12-3-5-13(6-4-12)24(21,22)18-9-7-17(8-10-18)11-14(19)16-15(20)23-2/h3-6H,7-11H2,1-2H3,(H,16,19,20)/p+1. The number of methoxy groups -OCH3 is 1. The number of quaternary nitrogens is 1. The first-order valence-electron chi connectivity index (χ1n) is 7.61. The van der Waals surface area contributed by atoms with Crippen molar-refractivity contribution in [2.45, 2.75) is 11.8 Å². The number of imide groups is 1. The number of nitrogens with zero attached hydrogens (tertiary/aromatic N) is 1. The fourth-order valence-corrected chi connectivity index (χ4v) is 3.96. The zero-order valence-corrected chi connectivity index (χ0v) is 14.6. The molecule has 2 amide bonds. The average molecular weight is 356 g/mol. The molecule has 24 heavy (non-hydrogen) atoms. The van der Waals surface area contributed by atoms with Gasteiger partial charge in [0.25, 0.3) is 5.91 Å². The van der Waals surface area contributed by atoms with Crippen molar-refractivity contribution in [2.24, 2.45) is 0 Å². The van der Waals surface area contributed by atoms with Crippen LogP contribution in [0.5, 0.6) is 0 Å². The summed E-state index contributed by atoms with van der Waals surface area (Å²) < 4.78 is 31.0. The van der Waals surface area contributed by atoms with Crippen molar-refractivity contribution < 1.29 is 27.6 Å².